The second-order valence-corrected chi connectivity index (χ2v) is 4.96. The van der Waals surface area contributed by atoms with Crippen LogP contribution in [0.5, 0.6) is 5.75 Å². The molecule has 1 aromatic rings. The minimum atomic E-state index is -0.116. The molecular weight excluding hydrogens is 242 g/mol. The van der Waals surface area contributed by atoms with E-state index in [0.717, 1.165) is 38.2 Å². The summed E-state index contributed by atoms with van der Waals surface area (Å²) >= 11 is 0. The lowest BCUT2D eigenvalue weighted by Crippen LogP contribution is -2.31. The highest BCUT2D eigenvalue weighted by molar-refractivity contribution is 5.97. The Morgan fingerprint density at radius 1 is 1.53 bits per heavy atom. The molecule has 19 heavy (non-hydrogen) atoms. The fourth-order valence-corrected chi connectivity index (χ4v) is 2.39. The van der Waals surface area contributed by atoms with E-state index in [0.29, 0.717) is 5.56 Å². The molecule has 1 unspecified atom stereocenters. The molecule has 1 atom stereocenters. The lowest BCUT2D eigenvalue weighted by atomic mass is 10.1. The van der Waals surface area contributed by atoms with Crippen LogP contribution in [0.4, 0.5) is 5.69 Å². The predicted octanol–water partition coefficient (Wildman–Crippen LogP) is 2.60. The van der Waals surface area contributed by atoms with E-state index in [1.807, 2.05) is 6.07 Å². The van der Waals surface area contributed by atoms with Crippen LogP contribution in [0, 0.1) is 0 Å². The van der Waals surface area contributed by atoms with Gasteiger partial charge in [-0.25, -0.2) is 0 Å². The van der Waals surface area contributed by atoms with Crippen LogP contribution in [0.1, 0.15) is 37.0 Å². The Morgan fingerprint density at radius 2 is 2.32 bits per heavy atom. The van der Waals surface area contributed by atoms with Gasteiger partial charge in [-0.05, 0) is 31.9 Å². The van der Waals surface area contributed by atoms with Gasteiger partial charge in [-0.2, -0.15) is 0 Å². The Balaban J connectivity index is 2.20. The van der Waals surface area contributed by atoms with Gasteiger partial charge in [0.2, 0.25) is 0 Å². The van der Waals surface area contributed by atoms with Crippen LogP contribution < -0.4 is 4.90 Å². The Bertz CT molecular complexity index is 459. The lowest BCUT2D eigenvalue weighted by molar-refractivity contribution is 0.0664. The topological polar surface area (TPSA) is 49.8 Å². The molecule has 4 nitrogen and oxygen atoms in total. The maximum absolute atomic E-state index is 11.3. The summed E-state index contributed by atoms with van der Waals surface area (Å²) in [5, 5.41) is 9.91. The minimum absolute atomic E-state index is 0.0585. The summed E-state index contributed by atoms with van der Waals surface area (Å²) in [6.45, 7) is 6.10. The van der Waals surface area contributed by atoms with Crippen molar-refractivity contribution < 1.29 is 14.6 Å². The normalized spacial score (nSPS) is 20.1. The number of hydrogen-bond acceptors (Lipinski definition) is 4. The predicted molar refractivity (Wildman–Crippen MR) is 75.0 cm³/mol. The molecule has 0 amide bonds. The zero-order valence-corrected chi connectivity index (χ0v) is 11.6. The third kappa shape index (κ3) is 3.26. The summed E-state index contributed by atoms with van der Waals surface area (Å²) in [5.74, 6) is -0.0575. The summed E-state index contributed by atoms with van der Waals surface area (Å²) in [7, 11) is 0. The van der Waals surface area contributed by atoms with E-state index < -0.39 is 0 Å². The SMILES string of the molecule is CCC1CN(c2ccc(C(C)=O)c(O)c2)CCCO1. The number of phenols is 1. The molecule has 1 fully saturated rings. The average Bonchev–Trinajstić information content (AvgIpc) is 2.63. The van der Waals surface area contributed by atoms with E-state index in [2.05, 4.69) is 11.8 Å². The molecule has 104 valence electrons. The van der Waals surface area contributed by atoms with Crippen molar-refractivity contribution in [3.8, 4) is 5.75 Å². The molecule has 0 aliphatic carbocycles. The number of phenolic OH excluding ortho intramolecular Hbond substituents is 1. The number of ether oxygens (including phenoxy) is 1. The van der Waals surface area contributed by atoms with Gasteiger partial charge in [-0.3, -0.25) is 4.79 Å². The molecule has 1 aliphatic heterocycles. The maximum Gasteiger partial charge on any atom is 0.163 e. The Kier molecular flexibility index (Phi) is 4.43. The smallest absolute Gasteiger partial charge is 0.163 e. The van der Waals surface area contributed by atoms with Gasteiger partial charge in [-0.15, -0.1) is 0 Å². The van der Waals surface area contributed by atoms with Crippen LogP contribution in [0.3, 0.4) is 0 Å². The zero-order valence-electron chi connectivity index (χ0n) is 11.6. The molecule has 0 spiro atoms. The Labute approximate surface area is 114 Å². The summed E-state index contributed by atoms with van der Waals surface area (Å²) in [5.41, 5.74) is 1.33. The number of rotatable bonds is 3. The number of aromatic hydroxyl groups is 1. The highest BCUT2D eigenvalue weighted by Gasteiger charge is 2.18. The summed E-state index contributed by atoms with van der Waals surface area (Å²) in [6, 6.07) is 5.27. The quantitative estimate of drug-likeness (QED) is 0.852. The van der Waals surface area contributed by atoms with Crippen molar-refractivity contribution in [2.75, 3.05) is 24.6 Å². The number of ketones is 1. The van der Waals surface area contributed by atoms with Crippen LogP contribution >= 0.6 is 0 Å². The first-order chi connectivity index (χ1) is 9.11. The number of carbonyl (C=O) groups excluding carboxylic acids is 1. The summed E-state index contributed by atoms with van der Waals surface area (Å²) in [6.07, 6.45) is 2.19. The molecule has 1 heterocycles. The van der Waals surface area contributed by atoms with Gasteiger partial charge in [0, 0.05) is 31.5 Å². The van der Waals surface area contributed by atoms with E-state index in [4.69, 9.17) is 4.74 Å². The summed E-state index contributed by atoms with van der Waals surface area (Å²) < 4.78 is 5.74. The van der Waals surface area contributed by atoms with E-state index in [1.54, 1.807) is 12.1 Å². The van der Waals surface area contributed by atoms with Crippen molar-refractivity contribution in [2.45, 2.75) is 32.8 Å². The standard InChI is InChI=1S/C15H21NO3/c1-3-13-10-16(7-4-8-19-13)12-5-6-14(11(2)17)15(18)9-12/h5-6,9,13,18H,3-4,7-8,10H2,1-2H3. The van der Waals surface area contributed by atoms with E-state index in [9.17, 15) is 9.90 Å². The van der Waals surface area contributed by atoms with Crippen LogP contribution in [-0.2, 0) is 4.74 Å². The van der Waals surface area contributed by atoms with Gasteiger partial charge in [0.25, 0.3) is 0 Å². The molecule has 0 saturated carbocycles. The fourth-order valence-electron chi connectivity index (χ4n) is 2.39. The van der Waals surface area contributed by atoms with Gasteiger partial charge in [-0.1, -0.05) is 6.92 Å². The highest BCUT2D eigenvalue weighted by Crippen LogP contribution is 2.26. The zero-order chi connectivity index (χ0) is 13.8. The molecule has 4 heteroatoms. The highest BCUT2D eigenvalue weighted by atomic mass is 16.5. The monoisotopic (exact) mass is 263 g/mol. The third-order valence-electron chi connectivity index (χ3n) is 3.53. The van der Waals surface area contributed by atoms with Crippen LogP contribution in [0.2, 0.25) is 0 Å². The van der Waals surface area contributed by atoms with Crippen molar-refractivity contribution in [3.63, 3.8) is 0 Å². The summed E-state index contributed by atoms with van der Waals surface area (Å²) in [4.78, 5) is 13.5. The fraction of sp³-hybridized carbons (Fsp3) is 0.533. The molecule has 0 bridgehead atoms. The van der Waals surface area contributed by atoms with Crippen LogP contribution in [-0.4, -0.2) is 36.7 Å². The number of Topliss-reactive ketones (excluding diaryl/α,β-unsaturated/α-hetero) is 1. The number of nitrogens with zero attached hydrogens (tertiary/aromatic N) is 1. The van der Waals surface area contributed by atoms with Gasteiger partial charge in [0.1, 0.15) is 5.75 Å². The second-order valence-electron chi connectivity index (χ2n) is 4.96. The van der Waals surface area contributed by atoms with Crippen molar-refractivity contribution in [3.05, 3.63) is 23.8 Å². The van der Waals surface area contributed by atoms with Crippen LogP contribution in [0.25, 0.3) is 0 Å². The van der Waals surface area contributed by atoms with Gasteiger partial charge < -0.3 is 14.7 Å². The van der Waals surface area contributed by atoms with Gasteiger partial charge >= 0.3 is 0 Å². The van der Waals surface area contributed by atoms with E-state index in [-0.39, 0.29) is 17.6 Å². The van der Waals surface area contributed by atoms with Crippen molar-refractivity contribution in [1.82, 2.24) is 0 Å². The largest absolute Gasteiger partial charge is 0.507 e. The molecule has 1 N–H and O–H groups in total. The second kappa shape index (κ2) is 6.06. The lowest BCUT2D eigenvalue weighted by Gasteiger charge is -2.25. The van der Waals surface area contributed by atoms with Crippen molar-refractivity contribution >= 4 is 11.5 Å². The van der Waals surface area contributed by atoms with E-state index in [1.165, 1.54) is 6.92 Å². The minimum Gasteiger partial charge on any atom is -0.507 e. The van der Waals surface area contributed by atoms with E-state index >= 15 is 0 Å². The van der Waals surface area contributed by atoms with Gasteiger partial charge in [0.15, 0.2) is 5.78 Å². The molecule has 0 radical (unpaired) electrons. The number of anilines is 1. The molecule has 1 aromatic carbocycles. The first-order valence-corrected chi connectivity index (χ1v) is 6.82. The van der Waals surface area contributed by atoms with Gasteiger partial charge in [0.05, 0.1) is 11.7 Å². The first kappa shape index (κ1) is 13.9. The molecular formula is C15H21NO3. The maximum atomic E-state index is 11.3. The Hall–Kier alpha value is -1.55. The number of carbonyl (C=O) groups is 1. The molecule has 0 aromatic heterocycles. The molecule has 1 saturated heterocycles. The third-order valence-corrected chi connectivity index (χ3v) is 3.53. The van der Waals surface area contributed by atoms with Crippen molar-refractivity contribution in [1.29, 1.82) is 0 Å². The first-order valence-electron chi connectivity index (χ1n) is 6.82. The molecule has 2 rings (SSSR count). The van der Waals surface area contributed by atoms with Crippen LogP contribution in [0.15, 0.2) is 18.2 Å². The number of benzene rings is 1. The Morgan fingerprint density at radius 3 is 2.95 bits per heavy atom. The molecule has 1 aliphatic rings. The average molecular weight is 263 g/mol. The van der Waals surface area contributed by atoms with Crippen molar-refractivity contribution in [2.24, 2.45) is 0 Å². The number of hydrogen-bond donors (Lipinski definition) is 1.